The molecule has 0 fully saturated rings. The number of benzene rings is 2. The zero-order valence-corrected chi connectivity index (χ0v) is 16.9. The van der Waals surface area contributed by atoms with Crippen LogP contribution in [0.1, 0.15) is 30.5 Å². The van der Waals surface area contributed by atoms with Crippen LogP contribution in [0.2, 0.25) is 0 Å². The summed E-state index contributed by atoms with van der Waals surface area (Å²) in [6.45, 7) is 7.39. The Labute approximate surface area is 168 Å². The fraction of sp³-hybridized carbons (Fsp3) is 0.381. The average Bonchev–Trinajstić information content (AvgIpc) is 2.99. The van der Waals surface area contributed by atoms with Crippen molar-refractivity contribution in [3.05, 3.63) is 51.1 Å². The van der Waals surface area contributed by atoms with Gasteiger partial charge in [-0.1, -0.05) is 6.07 Å². The first-order chi connectivity index (χ1) is 13.8. The van der Waals surface area contributed by atoms with Crippen LogP contribution in [-0.2, 0) is 11.2 Å². The molecule has 0 spiro atoms. The van der Waals surface area contributed by atoms with Crippen LogP contribution in [0.25, 0.3) is 0 Å². The molecule has 1 aliphatic heterocycles. The summed E-state index contributed by atoms with van der Waals surface area (Å²) in [7, 11) is 0. The number of nitro groups is 1. The van der Waals surface area contributed by atoms with Gasteiger partial charge in [-0.15, -0.1) is 0 Å². The molecule has 1 aliphatic rings. The number of ether oxygens (including phenoxy) is 3. The molecule has 0 aromatic heterocycles. The highest BCUT2D eigenvalue weighted by Gasteiger charge is 2.23. The van der Waals surface area contributed by atoms with Crippen LogP contribution in [0.15, 0.2) is 24.3 Å². The van der Waals surface area contributed by atoms with E-state index < -0.39 is 10.8 Å². The zero-order valence-electron chi connectivity index (χ0n) is 16.9. The van der Waals surface area contributed by atoms with Gasteiger partial charge in [-0.2, -0.15) is 0 Å². The quantitative estimate of drug-likeness (QED) is 0.558. The number of nitrogens with one attached hydrogen (secondary N) is 1. The number of anilines is 1. The van der Waals surface area contributed by atoms with Crippen LogP contribution in [0.5, 0.6) is 17.2 Å². The molecular formula is C21H24N2O6. The lowest BCUT2D eigenvalue weighted by Gasteiger charge is -2.14. The first kappa shape index (κ1) is 20.4. The predicted octanol–water partition coefficient (Wildman–Crippen LogP) is 3.95. The molecule has 1 atom stereocenters. The standard InChI is InChI=1S/C21H24N2O6/c1-5-27-19-9-15-8-14(4)29-18(15)10-16(19)22-20(24)11-28-21-13(3)6-12(2)7-17(21)23(25)26/h6-7,9-10,14H,5,8,11H2,1-4H3,(H,22,24). The van der Waals surface area contributed by atoms with Gasteiger partial charge < -0.3 is 19.5 Å². The highest BCUT2D eigenvalue weighted by atomic mass is 16.6. The molecule has 1 amide bonds. The molecule has 2 aromatic rings. The maximum atomic E-state index is 12.5. The third-order valence-corrected chi connectivity index (χ3v) is 4.52. The minimum Gasteiger partial charge on any atom is -0.492 e. The number of carbonyl (C=O) groups is 1. The van der Waals surface area contributed by atoms with Gasteiger partial charge in [0.1, 0.15) is 17.6 Å². The SMILES string of the molecule is CCOc1cc2c(cc1NC(=O)COc1c(C)cc(C)cc1[N+](=O)[O-])OC(C)C2. The molecule has 0 saturated heterocycles. The molecule has 1 unspecified atom stereocenters. The van der Waals surface area contributed by atoms with E-state index in [0.717, 1.165) is 17.5 Å². The Morgan fingerprint density at radius 2 is 2.03 bits per heavy atom. The van der Waals surface area contributed by atoms with Crippen LogP contribution < -0.4 is 19.5 Å². The van der Waals surface area contributed by atoms with Crippen molar-refractivity contribution in [2.24, 2.45) is 0 Å². The third kappa shape index (κ3) is 4.59. The lowest BCUT2D eigenvalue weighted by molar-refractivity contribution is -0.385. The lowest BCUT2D eigenvalue weighted by atomic mass is 10.1. The van der Waals surface area contributed by atoms with Crippen LogP contribution >= 0.6 is 0 Å². The van der Waals surface area contributed by atoms with Crippen LogP contribution in [0.3, 0.4) is 0 Å². The molecule has 154 valence electrons. The van der Waals surface area contributed by atoms with E-state index in [1.54, 1.807) is 26.0 Å². The number of nitro benzene ring substituents is 1. The third-order valence-electron chi connectivity index (χ3n) is 4.52. The Morgan fingerprint density at radius 1 is 1.28 bits per heavy atom. The first-order valence-corrected chi connectivity index (χ1v) is 9.43. The number of amides is 1. The number of rotatable bonds is 7. The molecule has 0 radical (unpaired) electrons. The number of carbonyl (C=O) groups excluding carboxylic acids is 1. The Morgan fingerprint density at radius 3 is 2.72 bits per heavy atom. The maximum absolute atomic E-state index is 12.5. The van der Waals surface area contributed by atoms with Gasteiger partial charge in [-0.05, 0) is 44.9 Å². The Kier molecular flexibility index (Phi) is 5.91. The van der Waals surface area contributed by atoms with Gasteiger partial charge in [-0.3, -0.25) is 14.9 Å². The topological polar surface area (TPSA) is 99.9 Å². The van der Waals surface area contributed by atoms with E-state index in [-0.39, 0.29) is 24.1 Å². The van der Waals surface area contributed by atoms with Crippen molar-refractivity contribution < 1.29 is 23.9 Å². The van der Waals surface area contributed by atoms with Crippen molar-refractivity contribution in [1.82, 2.24) is 0 Å². The van der Waals surface area contributed by atoms with E-state index >= 15 is 0 Å². The van der Waals surface area contributed by atoms with E-state index in [0.29, 0.717) is 29.4 Å². The molecular weight excluding hydrogens is 376 g/mol. The average molecular weight is 400 g/mol. The monoisotopic (exact) mass is 400 g/mol. The minimum atomic E-state index is -0.514. The molecule has 0 aliphatic carbocycles. The first-order valence-electron chi connectivity index (χ1n) is 9.43. The lowest BCUT2D eigenvalue weighted by Crippen LogP contribution is -2.21. The van der Waals surface area contributed by atoms with Crippen LogP contribution in [-0.4, -0.2) is 30.1 Å². The number of hydrogen-bond acceptors (Lipinski definition) is 6. The molecule has 1 N–H and O–H groups in total. The van der Waals surface area contributed by atoms with Crippen LogP contribution in [0.4, 0.5) is 11.4 Å². The van der Waals surface area contributed by atoms with Gasteiger partial charge >= 0.3 is 5.69 Å². The molecule has 0 bridgehead atoms. The fourth-order valence-electron chi connectivity index (χ4n) is 3.39. The Hall–Kier alpha value is -3.29. The smallest absolute Gasteiger partial charge is 0.311 e. The van der Waals surface area contributed by atoms with E-state index in [4.69, 9.17) is 14.2 Å². The predicted molar refractivity (Wildman–Crippen MR) is 108 cm³/mol. The highest BCUT2D eigenvalue weighted by Crippen LogP contribution is 2.38. The summed E-state index contributed by atoms with van der Waals surface area (Å²) >= 11 is 0. The molecule has 1 heterocycles. The molecule has 8 heteroatoms. The Balaban J connectivity index is 1.75. The van der Waals surface area contributed by atoms with Gasteiger partial charge in [-0.25, -0.2) is 0 Å². The largest absolute Gasteiger partial charge is 0.492 e. The highest BCUT2D eigenvalue weighted by molar-refractivity contribution is 5.94. The second-order valence-electron chi connectivity index (χ2n) is 7.05. The molecule has 3 rings (SSSR count). The number of aryl methyl sites for hydroxylation is 2. The van der Waals surface area contributed by atoms with E-state index in [1.807, 2.05) is 19.9 Å². The Bertz CT molecular complexity index is 957. The minimum absolute atomic E-state index is 0.0684. The van der Waals surface area contributed by atoms with Gasteiger partial charge in [0.05, 0.1) is 17.2 Å². The van der Waals surface area contributed by atoms with E-state index in [2.05, 4.69) is 5.32 Å². The molecule has 2 aromatic carbocycles. The van der Waals surface area contributed by atoms with Crippen molar-refractivity contribution in [2.75, 3.05) is 18.5 Å². The summed E-state index contributed by atoms with van der Waals surface area (Å²) in [6, 6.07) is 6.80. The number of fused-ring (bicyclic) bond motifs is 1. The summed E-state index contributed by atoms with van der Waals surface area (Å²) in [6.07, 6.45) is 0.849. The fourth-order valence-corrected chi connectivity index (χ4v) is 3.39. The van der Waals surface area contributed by atoms with Crippen molar-refractivity contribution in [2.45, 2.75) is 40.2 Å². The van der Waals surface area contributed by atoms with Gasteiger partial charge in [0.15, 0.2) is 6.61 Å². The zero-order chi connectivity index (χ0) is 21.1. The van der Waals surface area contributed by atoms with Gasteiger partial charge in [0.2, 0.25) is 5.75 Å². The summed E-state index contributed by atoms with van der Waals surface area (Å²) < 4.78 is 16.9. The van der Waals surface area contributed by atoms with E-state index in [1.165, 1.54) is 6.07 Å². The van der Waals surface area contributed by atoms with Crippen molar-refractivity contribution in [3.63, 3.8) is 0 Å². The number of nitrogens with zero attached hydrogens (tertiary/aromatic N) is 1. The van der Waals surface area contributed by atoms with Gasteiger partial charge in [0, 0.05) is 24.1 Å². The van der Waals surface area contributed by atoms with Crippen molar-refractivity contribution in [1.29, 1.82) is 0 Å². The van der Waals surface area contributed by atoms with Crippen molar-refractivity contribution >= 4 is 17.3 Å². The van der Waals surface area contributed by atoms with Crippen LogP contribution in [0, 0.1) is 24.0 Å². The van der Waals surface area contributed by atoms with Gasteiger partial charge in [0.25, 0.3) is 5.91 Å². The maximum Gasteiger partial charge on any atom is 0.311 e. The normalized spacial score (nSPS) is 14.7. The molecule has 29 heavy (non-hydrogen) atoms. The summed E-state index contributed by atoms with van der Waals surface area (Å²) in [4.78, 5) is 23.3. The molecule has 0 saturated carbocycles. The second kappa shape index (κ2) is 8.38. The van der Waals surface area contributed by atoms with Crippen molar-refractivity contribution in [3.8, 4) is 17.2 Å². The summed E-state index contributed by atoms with van der Waals surface area (Å²) in [5.74, 6) is 0.898. The summed E-state index contributed by atoms with van der Waals surface area (Å²) in [5.41, 5.74) is 2.69. The van der Waals surface area contributed by atoms with E-state index in [9.17, 15) is 14.9 Å². The molecule has 8 nitrogen and oxygen atoms in total. The summed E-state index contributed by atoms with van der Waals surface area (Å²) in [5, 5.41) is 14.1. The second-order valence-corrected chi connectivity index (χ2v) is 7.05. The number of hydrogen-bond donors (Lipinski definition) is 1.